The first-order chi connectivity index (χ1) is 10.4. The van der Waals surface area contributed by atoms with Crippen molar-refractivity contribution in [3.05, 3.63) is 11.6 Å². The zero-order chi connectivity index (χ0) is 15.5. The molecule has 0 radical (unpaired) electrons. The van der Waals surface area contributed by atoms with Gasteiger partial charge >= 0.3 is 0 Å². The van der Waals surface area contributed by atoms with Gasteiger partial charge in [0.25, 0.3) is 0 Å². The number of rotatable bonds is 0. The molecule has 0 heterocycles. The first kappa shape index (κ1) is 15.3. The number of hydrogen-bond acceptors (Lipinski definition) is 0. The van der Waals surface area contributed by atoms with E-state index in [1.807, 2.05) is 5.57 Å². The number of fused-ring (bicyclic) bond motifs is 5. The molecule has 124 valence electrons. The molecule has 0 nitrogen and oxygen atoms in total. The van der Waals surface area contributed by atoms with Crippen LogP contribution < -0.4 is 0 Å². The summed E-state index contributed by atoms with van der Waals surface area (Å²) >= 11 is 0. The van der Waals surface area contributed by atoms with E-state index >= 15 is 0 Å². The maximum Gasteiger partial charge on any atom is -0.00853 e. The van der Waals surface area contributed by atoms with Gasteiger partial charge < -0.3 is 0 Å². The fourth-order valence-electron chi connectivity index (χ4n) is 7.63. The highest BCUT2D eigenvalue weighted by Crippen LogP contribution is 2.64. The molecule has 4 aliphatic carbocycles. The number of allylic oxidation sites excluding steroid dienone is 2. The van der Waals surface area contributed by atoms with Crippen LogP contribution in [0.25, 0.3) is 0 Å². The van der Waals surface area contributed by atoms with Gasteiger partial charge in [-0.15, -0.1) is 0 Å². The normalized spacial score (nSPS) is 52.0. The van der Waals surface area contributed by atoms with Crippen molar-refractivity contribution >= 4 is 0 Å². The first-order valence-electron chi connectivity index (χ1n) is 10.1. The van der Waals surface area contributed by atoms with Crippen molar-refractivity contribution < 1.29 is 0 Å². The average Bonchev–Trinajstić information content (AvgIpc) is 2.82. The highest BCUT2D eigenvalue weighted by molar-refractivity contribution is 5.23. The molecule has 6 atom stereocenters. The van der Waals surface area contributed by atoms with Crippen LogP contribution in [-0.4, -0.2) is 0 Å². The average molecular weight is 301 g/mol. The van der Waals surface area contributed by atoms with Gasteiger partial charge in [-0.25, -0.2) is 0 Å². The summed E-state index contributed by atoms with van der Waals surface area (Å²) < 4.78 is 0. The minimum atomic E-state index is 0.580. The molecule has 0 N–H and O–H groups in total. The Labute approximate surface area is 138 Å². The largest absolute Gasteiger partial charge is 0.0879 e. The van der Waals surface area contributed by atoms with Crippen molar-refractivity contribution in [2.24, 2.45) is 40.4 Å². The molecule has 0 aromatic rings. The van der Waals surface area contributed by atoms with Crippen molar-refractivity contribution in [1.82, 2.24) is 0 Å². The molecule has 0 aliphatic heterocycles. The lowest BCUT2D eigenvalue weighted by Crippen LogP contribution is -2.48. The lowest BCUT2D eigenvalue weighted by molar-refractivity contribution is -0.0586. The summed E-state index contributed by atoms with van der Waals surface area (Å²) in [6.07, 6.45) is 16.0. The fourth-order valence-corrected chi connectivity index (χ4v) is 7.63. The summed E-state index contributed by atoms with van der Waals surface area (Å²) in [7, 11) is 0. The highest BCUT2D eigenvalue weighted by Gasteiger charge is 2.55. The van der Waals surface area contributed by atoms with Gasteiger partial charge in [0.05, 0.1) is 0 Å². The topological polar surface area (TPSA) is 0 Å². The zero-order valence-corrected chi connectivity index (χ0v) is 15.3. The zero-order valence-electron chi connectivity index (χ0n) is 15.3. The Hall–Kier alpha value is -0.260. The van der Waals surface area contributed by atoms with Crippen molar-refractivity contribution in [2.75, 3.05) is 0 Å². The van der Waals surface area contributed by atoms with Gasteiger partial charge in [-0.3, -0.25) is 0 Å². The van der Waals surface area contributed by atoms with Crippen molar-refractivity contribution in [3.63, 3.8) is 0 Å². The quantitative estimate of drug-likeness (QED) is 0.441. The third-order valence-corrected chi connectivity index (χ3v) is 8.68. The van der Waals surface area contributed by atoms with Gasteiger partial charge in [-0.05, 0) is 105 Å². The van der Waals surface area contributed by atoms with Crippen LogP contribution in [0.15, 0.2) is 11.6 Å². The summed E-state index contributed by atoms with van der Waals surface area (Å²) in [6, 6.07) is 0. The Balaban J connectivity index is 1.57. The summed E-state index contributed by atoms with van der Waals surface area (Å²) in [5.41, 5.74) is 3.02. The van der Waals surface area contributed by atoms with Crippen LogP contribution in [0, 0.1) is 40.4 Å². The molecule has 4 rings (SSSR count). The molecule has 4 saturated carbocycles. The monoisotopic (exact) mass is 300 g/mol. The SMILES string of the molecule is CC=C1CC[C@H]2[C@@H]3CC[C@H]4CC(C)(C)CC[C@@H]4[C@H]3CC[C@]12C. The van der Waals surface area contributed by atoms with E-state index in [1.165, 1.54) is 38.5 Å². The van der Waals surface area contributed by atoms with E-state index < -0.39 is 0 Å². The number of hydrogen-bond donors (Lipinski definition) is 0. The van der Waals surface area contributed by atoms with E-state index in [2.05, 4.69) is 33.8 Å². The molecule has 4 aliphatic rings. The van der Waals surface area contributed by atoms with Crippen molar-refractivity contribution in [3.8, 4) is 0 Å². The standard InChI is InChI=1S/C22H36/c1-5-16-7-9-20-19-8-6-15-14-21(2,3)12-10-17(15)18(19)11-13-22(16,20)4/h5,15,17-20H,6-14H2,1-4H3/t15-,17-,18+,19+,20-,22+/m0/s1. The summed E-state index contributed by atoms with van der Waals surface area (Å²) in [4.78, 5) is 0. The predicted octanol–water partition coefficient (Wildman–Crippen LogP) is 6.61. The fraction of sp³-hybridized carbons (Fsp3) is 0.909. The maximum atomic E-state index is 2.62. The summed E-state index contributed by atoms with van der Waals surface area (Å²) in [5.74, 6) is 5.33. The van der Waals surface area contributed by atoms with Crippen LogP contribution in [-0.2, 0) is 0 Å². The van der Waals surface area contributed by atoms with Crippen LogP contribution in [0.4, 0.5) is 0 Å². The van der Waals surface area contributed by atoms with Crippen molar-refractivity contribution in [1.29, 1.82) is 0 Å². The molecule has 0 saturated heterocycles. The lowest BCUT2D eigenvalue weighted by Gasteiger charge is -2.56. The predicted molar refractivity (Wildman–Crippen MR) is 94.6 cm³/mol. The molecule has 0 bridgehead atoms. The Kier molecular flexibility index (Phi) is 3.55. The maximum absolute atomic E-state index is 2.62. The van der Waals surface area contributed by atoms with E-state index in [-0.39, 0.29) is 0 Å². The molecule has 0 heteroatoms. The van der Waals surface area contributed by atoms with Crippen LogP contribution in [0.1, 0.15) is 85.5 Å². The molecule has 0 aromatic heterocycles. The Morgan fingerprint density at radius 1 is 0.864 bits per heavy atom. The second kappa shape index (κ2) is 5.12. The van der Waals surface area contributed by atoms with Gasteiger partial charge in [-0.2, -0.15) is 0 Å². The van der Waals surface area contributed by atoms with Gasteiger partial charge in [0.1, 0.15) is 0 Å². The van der Waals surface area contributed by atoms with Gasteiger partial charge in [-0.1, -0.05) is 32.4 Å². The molecule has 0 unspecified atom stereocenters. The van der Waals surface area contributed by atoms with E-state index in [1.54, 1.807) is 19.3 Å². The molecule has 0 amide bonds. The minimum absolute atomic E-state index is 0.580. The van der Waals surface area contributed by atoms with Crippen LogP contribution in [0.2, 0.25) is 0 Å². The molecule has 22 heavy (non-hydrogen) atoms. The summed E-state index contributed by atoms with van der Waals surface area (Å²) in [5, 5.41) is 0. The van der Waals surface area contributed by atoms with Crippen LogP contribution in [0.5, 0.6) is 0 Å². The van der Waals surface area contributed by atoms with Crippen LogP contribution in [0.3, 0.4) is 0 Å². The molecule has 4 fully saturated rings. The van der Waals surface area contributed by atoms with E-state index in [9.17, 15) is 0 Å². The van der Waals surface area contributed by atoms with Gasteiger partial charge in [0, 0.05) is 0 Å². The minimum Gasteiger partial charge on any atom is -0.0879 e. The second-order valence-electron chi connectivity index (χ2n) is 10.2. The first-order valence-corrected chi connectivity index (χ1v) is 10.1. The smallest absolute Gasteiger partial charge is 0.00853 e. The third kappa shape index (κ3) is 2.15. The highest BCUT2D eigenvalue weighted by atomic mass is 14.6. The van der Waals surface area contributed by atoms with E-state index in [0.29, 0.717) is 10.8 Å². The van der Waals surface area contributed by atoms with Crippen LogP contribution >= 0.6 is 0 Å². The molecular formula is C22H36. The molecule has 0 aromatic carbocycles. The van der Waals surface area contributed by atoms with Crippen molar-refractivity contribution in [2.45, 2.75) is 85.5 Å². The molecular weight excluding hydrogens is 264 g/mol. The van der Waals surface area contributed by atoms with Gasteiger partial charge in [0.2, 0.25) is 0 Å². The lowest BCUT2D eigenvalue weighted by atomic mass is 9.49. The summed E-state index contributed by atoms with van der Waals surface area (Å²) in [6.45, 7) is 9.94. The molecule has 0 spiro atoms. The Morgan fingerprint density at radius 3 is 2.41 bits per heavy atom. The van der Waals surface area contributed by atoms with E-state index in [4.69, 9.17) is 0 Å². The second-order valence-corrected chi connectivity index (χ2v) is 10.2. The van der Waals surface area contributed by atoms with Gasteiger partial charge in [0.15, 0.2) is 0 Å². The third-order valence-electron chi connectivity index (χ3n) is 8.68. The Morgan fingerprint density at radius 2 is 1.64 bits per heavy atom. The Bertz CT molecular complexity index is 470. The van der Waals surface area contributed by atoms with E-state index in [0.717, 1.165) is 29.6 Å².